The zero-order valence-corrected chi connectivity index (χ0v) is 15.5. The Hall–Kier alpha value is -2.93. The molecule has 0 unspecified atom stereocenters. The topological polar surface area (TPSA) is 81.1 Å². The number of thiophene rings is 1. The van der Waals surface area contributed by atoms with E-state index in [1.165, 1.54) is 11.1 Å². The molecule has 0 amide bonds. The highest BCUT2D eigenvalue weighted by atomic mass is 32.1. The lowest BCUT2D eigenvalue weighted by Gasteiger charge is -2.09. The second kappa shape index (κ2) is 6.76. The van der Waals surface area contributed by atoms with Gasteiger partial charge in [0, 0.05) is 12.1 Å². The van der Waals surface area contributed by atoms with Crippen LogP contribution in [0.1, 0.15) is 30.9 Å². The number of anilines is 2. The summed E-state index contributed by atoms with van der Waals surface area (Å²) >= 11 is 1.70. The number of hydrogen-bond donors (Lipinski definition) is 2. The van der Waals surface area contributed by atoms with Crippen molar-refractivity contribution < 1.29 is 0 Å². The van der Waals surface area contributed by atoms with Crippen molar-refractivity contribution in [2.24, 2.45) is 0 Å². The number of nitrogens with two attached hydrogens (primary N) is 1. The van der Waals surface area contributed by atoms with Gasteiger partial charge in [-0.25, -0.2) is 0 Å². The molecule has 6 nitrogen and oxygen atoms in total. The summed E-state index contributed by atoms with van der Waals surface area (Å²) in [6, 6.07) is 10.6. The quantitative estimate of drug-likeness (QED) is 0.555. The third kappa shape index (κ3) is 3.13. The molecule has 3 N–H and O–H groups in total. The molecule has 0 saturated carbocycles. The summed E-state index contributed by atoms with van der Waals surface area (Å²) in [6.07, 6.45) is 1.83. The van der Waals surface area contributed by atoms with E-state index in [2.05, 4.69) is 75.3 Å². The van der Waals surface area contributed by atoms with Gasteiger partial charge in [-0.3, -0.25) is 0 Å². The summed E-state index contributed by atoms with van der Waals surface area (Å²) in [6.45, 7) is 4.85. The Labute approximate surface area is 155 Å². The summed E-state index contributed by atoms with van der Waals surface area (Å²) in [4.78, 5) is 8.65. The lowest BCUT2D eigenvalue weighted by Crippen LogP contribution is -2.11. The second-order valence-electron chi connectivity index (χ2n) is 6.46. The molecule has 0 atom stereocenters. The third-order valence-corrected chi connectivity index (χ3v) is 4.98. The molecule has 3 heterocycles. The fourth-order valence-electron chi connectivity index (χ4n) is 2.86. The number of hydrogen-bond acceptors (Lipinski definition) is 6. The summed E-state index contributed by atoms with van der Waals surface area (Å²) in [7, 11) is 0. The minimum absolute atomic E-state index is 0.246. The van der Waals surface area contributed by atoms with Gasteiger partial charge >= 0.3 is 0 Å². The fraction of sp³-hybridized carbons (Fsp3) is 0.211. The molecule has 0 spiro atoms. The van der Waals surface area contributed by atoms with Gasteiger partial charge < -0.3 is 11.1 Å². The van der Waals surface area contributed by atoms with E-state index in [1.807, 2.05) is 6.20 Å². The van der Waals surface area contributed by atoms with E-state index >= 15 is 0 Å². The van der Waals surface area contributed by atoms with Crippen LogP contribution >= 0.6 is 11.3 Å². The molecule has 0 aliphatic heterocycles. The van der Waals surface area contributed by atoms with Crippen LogP contribution in [-0.4, -0.2) is 19.6 Å². The molecule has 1 aromatic carbocycles. The lowest BCUT2D eigenvalue weighted by atomic mass is 10.1. The van der Waals surface area contributed by atoms with E-state index in [1.54, 1.807) is 15.9 Å². The van der Waals surface area contributed by atoms with E-state index < -0.39 is 0 Å². The number of nitrogen functional groups attached to an aromatic ring is 1. The molecule has 4 aromatic rings. The Kier molecular flexibility index (Phi) is 4.30. The molecule has 0 aliphatic rings. The minimum atomic E-state index is 0.246. The normalized spacial score (nSPS) is 11.3. The number of fused-ring (bicyclic) bond motifs is 1. The smallest absolute Gasteiger partial charge is 0.229 e. The van der Waals surface area contributed by atoms with Crippen LogP contribution in [-0.2, 0) is 6.54 Å². The number of benzene rings is 1. The first-order valence-electron chi connectivity index (χ1n) is 8.48. The molecular formula is C19H20N6S. The van der Waals surface area contributed by atoms with Gasteiger partial charge in [0.05, 0.1) is 6.20 Å². The average molecular weight is 364 g/mol. The maximum absolute atomic E-state index is 5.89. The largest absolute Gasteiger partial charge is 0.368 e. The summed E-state index contributed by atoms with van der Waals surface area (Å²) in [5, 5.41) is 12.0. The van der Waals surface area contributed by atoms with Gasteiger partial charge in [-0.05, 0) is 39.4 Å². The maximum atomic E-state index is 5.89. The monoisotopic (exact) mass is 364 g/mol. The first kappa shape index (κ1) is 16.5. The van der Waals surface area contributed by atoms with Crippen molar-refractivity contribution in [3.63, 3.8) is 0 Å². The van der Waals surface area contributed by atoms with Crippen LogP contribution in [0.3, 0.4) is 0 Å². The van der Waals surface area contributed by atoms with Gasteiger partial charge in [0.2, 0.25) is 11.9 Å². The molecule has 132 valence electrons. The molecular weight excluding hydrogens is 344 g/mol. The highest BCUT2D eigenvalue weighted by Crippen LogP contribution is 2.23. The van der Waals surface area contributed by atoms with Crippen LogP contribution in [0.5, 0.6) is 0 Å². The third-order valence-electron chi connectivity index (χ3n) is 4.29. The Balaban J connectivity index is 1.56. The number of aromatic nitrogens is 4. The Morgan fingerprint density at radius 3 is 2.62 bits per heavy atom. The summed E-state index contributed by atoms with van der Waals surface area (Å²) < 4.78 is 1.71. The van der Waals surface area contributed by atoms with Crippen LogP contribution in [0.15, 0.2) is 47.3 Å². The van der Waals surface area contributed by atoms with Gasteiger partial charge in [0.1, 0.15) is 0 Å². The fourth-order valence-corrected chi connectivity index (χ4v) is 3.52. The number of nitrogens with one attached hydrogen (secondary N) is 1. The predicted molar refractivity (Wildman–Crippen MR) is 106 cm³/mol. The molecule has 0 bridgehead atoms. The molecule has 3 aromatic heterocycles. The van der Waals surface area contributed by atoms with Crippen molar-refractivity contribution in [1.82, 2.24) is 19.6 Å². The van der Waals surface area contributed by atoms with E-state index in [4.69, 9.17) is 5.73 Å². The van der Waals surface area contributed by atoms with Crippen molar-refractivity contribution in [3.05, 3.63) is 58.4 Å². The lowest BCUT2D eigenvalue weighted by molar-refractivity contribution is 0.867. The number of rotatable bonds is 5. The van der Waals surface area contributed by atoms with Crippen LogP contribution < -0.4 is 11.1 Å². The minimum Gasteiger partial charge on any atom is -0.368 e. The zero-order valence-electron chi connectivity index (χ0n) is 14.7. The van der Waals surface area contributed by atoms with Crippen LogP contribution in [0.4, 0.5) is 11.9 Å². The molecule has 0 radical (unpaired) electrons. The predicted octanol–water partition coefficient (Wildman–Crippen LogP) is 4.17. The Morgan fingerprint density at radius 2 is 1.92 bits per heavy atom. The molecule has 0 aliphatic carbocycles. The summed E-state index contributed by atoms with van der Waals surface area (Å²) in [5.74, 6) is 1.16. The van der Waals surface area contributed by atoms with Crippen LogP contribution in [0, 0.1) is 0 Å². The molecule has 7 heteroatoms. The van der Waals surface area contributed by atoms with E-state index in [0.717, 1.165) is 16.8 Å². The molecule has 26 heavy (non-hydrogen) atoms. The summed E-state index contributed by atoms with van der Waals surface area (Å²) in [5.41, 5.74) is 11.3. The molecule has 0 saturated heterocycles. The first-order chi connectivity index (χ1) is 12.6. The Morgan fingerprint density at radius 1 is 1.12 bits per heavy atom. The van der Waals surface area contributed by atoms with Gasteiger partial charge in [-0.2, -0.15) is 30.9 Å². The standard InChI is InChI=1S/C19H20N6S/c1-12(2)16-10-22-25-17(16)23-18(20)24-19(25)21-9-13-3-5-14(6-4-13)15-7-8-26-11-15/h3-8,10-12H,9H2,1-2H3,(H3,20,21,23,24). The van der Waals surface area contributed by atoms with E-state index in [9.17, 15) is 0 Å². The SMILES string of the molecule is CC(C)c1cnn2c(NCc3ccc(-c4ccsc4)cc3)nc(N)nc12. The van der Waals surface area contributed by atoms with Crippen LogP contribution in [0.2, 0.25) is 0 Å². The van der Waals surface area contributed by atoms with Crippen molar-refractivity contribution >= 4 is 28.9 Å². The van der Waals surface area contributed by atoms with E-state index in [-0.39, 0.29) is 5.95 Å². The van der Waals surface area contributed by atoms with Crippen molar-refractivity contribution in [2.75, 3.05) is 11.1 Å². The van der Waals surface area contributed by atoms with Gasteiger partial charge in [0.15, 0.2) is 5.65 Å². The van der Waals surface area contributed by atoms with E-state index in [0.29, 0.717) is 18.4 Å². The van der Waals surface area contributed by atoms with Gasteiger partial charge in [-0.15, -0.1) is 0 Å². The first-order valence-corrected chi connectivity index (χ1v) is 9.42. The Bertz CT molecular complexity index is 1020. The average Bonchev–Trinajstić information content (AvgIpc) is 3.29. The van der Waals surface area contributed by atoms with Crippen LogP contribution in [0.25, 0.3) is 16.8 Å². The number of nitrogens with zero attached hydrogens (tertiary/aromatic N) is 4. The second-order valence-corrected chi connectivity index (χ2v) is 7.24. The van der Waals surface area contributed by atoms with Gasteiger partial charge in [-0.1, -0.05) is 38.1 Å². The van der Waals surface area contributed by atoms with Crippen molar-refractivity contribution in [2.45, 2.75) is 26.3 Å². The van der Waals surface area contributed by atoms with Crippen molar-refractivity contribution in [1.29, 1.82) is 0 Å². The zero-order chi connectivity index (χ0) is 18.1. The molecule has 0 fully saturated rings. The maximum Gasteiger partial charge on any atom is 0.229 e. The van der Waals surface area contributed by atoms with Gasteiger partial charge in [0.25, 0.3) is 0 Å². The highest BCUT2D eigenvalue weighted by Gasteiger charge is 2.14. The molecule has 4 rings (SSSR count). The van der Waals surface area contributed by atoms with Crippen molar-refractivity contribution in [3.8, 4) is 11.1 Å². The highest BCUT2D eigenvalue weighted by molar-refractivity contribution is 7.08.